The third kappa shape index (κ3) is 3.19. The van der Waals surface area contributed by atoms with Gasteiger partial charge in [-0.15, -0.1) is 0 Å². The molecule has 3 aromatic carbocycles. The Morgan fingerprint density at radius 1 is 1.00 bits per heavy atom. The summed E-state index contributed by atoms with van der Waals surface area (Å²) in [4.78, 5) is 46.7. The summed E-state index contributed by atoms with van der Waals surface area (Å²) >= 11 is 6.39. The topological polar surface area (TPSA) is 104 Å². The van der Waals surface area contributed by atoms with Crippen molar-refractivity contribution >= 4 is 51.6 Å². The van der Waals surface area contributed by atoms with Crippen LogP contribution >= 0.6 is 11.6 Å². The molecule has 3 aliphatic rings. The Morgan fingerprint density at radius 3 is 2.54 bits per heavy atom. The van der Waals surface area contributed by atoms with Gasteiger partial charge < -0.3 is 15.0 Å². The van der Waals surface area contributed by atoms with Gasteiger partial charge >= 0.3 is 0 Å². The Morgan fingerprint density at radius 2 is 1.77 bits per heavy atom. The number of rotatable bonds is 4. The quantitative estimate of drug-likeness (QED) is 0.335. The third-order valence-corrected chi connectivity index (χ3v) is 8.94. The van der Waals surface area contributed by atoms with E-state index in [1.165, 1.54) is 4.90 Å². The van der Waals surface area contributed by atoms with E-state index >= 15 is 0 Å². The van der Waals surface area contributed by atoms with Crippen molar-refractivity contribution in [1.82, 2.24) is 10.3 Å². The van der Waals surface area contributed by atoms with Gasteiger partial charge in [-0.2, -0.15) is 0 Å². The monoisotopic (exact) mass is 540 g/mol. The van der Waals surface area contributed by atoms with Gasteiger partial charge in [0.1, 0.15) is 11.3 Å². The summed E-state index contributed by atoms with van der Waals surface area (Å²) in [5, 5.41) is 8.05. The molecule has 7 rings (SSSR count). The summed E-state index contributed by atoms with van der Waals surface area (Å²) in [5.41, 5.74) is 3.00. The maximum Gasteiger partial charge on any atom is 0.250 e. The number of hydrogen-bond acceptors (Lipinski definition) is 5. The fourth-order valence-corrected chi connectivity index (χ4v) is 6.85. The minimum Gasteiger partial charge on any atom is -0.497 e. The lowest BCUT2D eigenvalue weighted by molar-refractivity contribution is -0.130. The van der Waals surface area contributed by atoms with Crippen LogP contribution in [-0.4, -0.2) is 35.9 Å². The number of carbonyl (C=O) groups is 3. The van der Waals surface area contributed by atoms with E-state index < -0.39 is 29.3 Å². The standard InChI is InChI=1S/C30H25ClN4O4/c1-15-21(31)12-11-20-26(15)33-29(38)30(20)25-24(23(34-30)13-16-14-32-22-6-4-3-5-19(16)22)27(36)35(28(25)37)17-7-9-18(39-2)10-8-17/h3-12,14,23-25,32,34H,13H2,1-2H3,(H,33,38)/t23?,24-,25+,30?/m1/s1. The number of methoxy groups -OCH3 is 1. The number of halogens is 1. The molecule has 2 fully saturated rings. The van der Waals surface area contributed by atoms with Crippen molar-refractivity contribution in [2.75, 3.05) is 17.3 Å². The molecule has 39 heavy (non-hydrogen) atoms. The molecule has 4 atom stereocenters. The van der Waals surface area contributed by atoms with Gasteiger partial charge in [0.05, 0.1) is 30.3 Å². The second-order valence-corrected chi connectivity index (χ2v) is 10.8. The number of carbonyl (C=O) groups excluding carboxylic acids is 3. The van der Waals surface area contributed by atoms with Crippen LogP contribution in [0.4, 0.5) is 11.4 Å². The summed E-state index contributed by atoms with van der Waals surface area (Å²) in [6, 6.07) is 17.8. The minimum atomic E-state index is -1.40. The highest BCUT2D eigenvalue weighted by atomic mass is 35.5. The van der Waals surface area contributed by atoms with Crippen molar-refractivity contribution in [3.05, 3.63) is 88.6 Å². The molecule has 0 saturated carbocycles. The number of fused-ring (bicyclic) bond motifs is 5. The van der Waals surface area contributed by atoms with E-state index in [4.69, 9.17) is 16.3 Å². The first-order valence-electron chi connectivity index (χ1n) is 12.8. The van der Waals surface area contributed by atoms with Crippen LogP contribution in [0.3, 0.4) is 0 Å². The Hall–Kier alpha value is -4.14. The predicted octanol–water partition coefficient (Wildman–Crippen LogP) is 4.31. The van der Waals surface area contributed by atoms with E-state index in [2.05, 4.69) is 15.6 Å². The van der Waals surface area contributed by atoms with Crippen LogP contribution in [0.5, 0.6) is 5.75 Å². The van der Waals surface area contributed by atoms with Gasteiger partial charge in [-0.05, 0) is 60.9 Å². The molecular formula is C30H25ClN4O4. The first-order valence-corrected chi connectivity index (χ1v) is 13.2. The number of ether oxygens (including phenoxy) is 1. The number of aromatic nitrogens is 1. The van der Waals surface area contributed by atoms with Crippen molar-refractivity contribution in [2.24, 2.45) is 11.8 Å². The van der Waals surface area contributed by atoms with Crippen LogP contribution < -0.4 is 20.3 Å². The third-order valence-electron chi connectivity index (χ3n) is 8.53. The molecule has 4 heterocycles. The number of imide groups is 1. The van der Waals surface area contributed by atoms with Gasteiger partial charge in [0, 0.05) is 33.7 Å². The first kappa shape index (κ1) is 23.9. The number of hydrogen-bond donors (Lipinski definition) is 3. The van der Waals surface area contributed by atoms with Gasteiger partial charge in [0.2, 0.25) is 17.7 Å². The summed E-state index contributed by atoms with van der Waals surface area (Å²) in [6.45, 7) is 1.83. The Labute approximate surface area is 229 Å². The van der Waals surface area contributed by atoms with Crippen LogP contribution in [0.25, 0.3) is 10.9 Å². The van der Waals surface area contributed by atoms with Crippen molar-refractivity contribution in [3.63, 3.8) is 0 Å². The largest absolute Gasteiger partial charge is 0.497 e. The minimum absolute atomic E-state index is 0.323. The van der Waals surface area contributed by atoms with Gasteiger partial charge in [-0.3, -0.25) is 19.7 Å². The first-order chi connectivity index (χ1) is 18.8. The molecule has 1 spiro atoms. The molecule has 0 aliphatic carbocycles. The van der Waals surface area contributed by atoms with Crippen molar-refractivity contribution in [2.45, 2.75) is 24.9 Å². The fraction of sp³-hybridized carbons (Fsp3) is 0.233. The van der Waals surface area contributed by atoms with E-state index in [9.17, 15) is 14.4 Å². The molecule has 1 aromatic heterocycles. The molecule has 9 heteroatoms. The average molecular weight is 541 g/mol. The zero-order chi connectivity index (χ0) is 27.1. The SMILES string of the molecule is COc1ccc(N2C(=O)[C@@H]3C(Cc4c[nH]c5ccccc45)NC4(C(=O)Nc5c4ccc(Cl)c5C)[C@@H]3C2=O)cc1. The Bertz CT molecular complexity index is 1700. The summed E-state index contributed by atoms with van der Waals surface area (Å²) < 4.78 is 5.26. The number of benzene rings is 3. The second-order valence-electron chi connectivity index (χ2n) is 10.4. The summed E-state index contributed by atoms with van der Waals surface area (Å²) in [5.74, 6) is -2.14. The Balaban J connectivity index is 1.38. The lowest BCUT2D eigenvalue weighted by Gasteiger charge is -2.29. The number of nitrogens with one attached hydrogen (secondary N) is 3. The zero-order valence-corrected chi connectivity index (χ0v) is 22.0. The van der Waals surface area contributed by atoms with E-state index in [0.717, 1.165) is 22.0 Å². The molecule has 0 bridgehead atoms. The molecule has 3 aliphatic heterocycles. The molecule has 196 valence electrons. The lowest BCUT2D eigenvalue weighted by Crippen LogP contribution is -2.53. The predicted molar refractivity (Wildman–Crippen MR) is 148 cm³/mol. The number of nitrogens with zero attached hydrogens (tertiary/aromatic N) is 1. The van der Waals surface area contributed by atoms with Crippen LogP contribution in [0.2, 0.25) is 5.02 Å². The molecule has 8 nitrogen and oxygen atoms in total. The van der Waals surface area contributed by atoms with E-state index in [1.54, 1.807) is 43.5 Å². The highest BCUT2D eigenvalue weighted by molar-refractivity contribution is 6.32. The van der Waals surface area contributed by atoms with Crippen LogP contribution in [0.1, 0.15) is 16.7 Å². The van der Waals surface area contributed by atoms with Gasteiger partial charge in [-0.1, -0.05) is 35.9 Å². The average Bonchev–Trinajstić information content (AvgIpc) is 3.65. The normalized spacial score (nSPS) is 25.5. The van der Waals surface area contributed by atoms with Gasteiger partial charge in [-0.25, -0.2) is 4.90 Å². The highest BCUT2D eigenvalue weighted by Gasteiger charge is 2.70. The molecule has 2 saturated heterocycles. The zero-order valence-electron chi connectivity index (χ0n) is 21.2. The van der Waals surface area contributed by atoms with Crippen LogP contribution in [0, 0.1) is 18.8 Å². The van der Waals surface area contributed by atoms with Gasteiger partial charge in [0.25, 0.3) is 0 Å². The smallest absolute Gasteiger partial charge is 0.250 e. The Kier molecular flexibility index (Phi) is 5.17. The molecule has 0 radical (unpaired) electrons. The van der Waals surface area contributed by atoms with Gasteiger partial charge in [0.15, 0.2) is 0 Å². The molecule has 4 aromatic rings. The van der Waals surface area contributed by atoms with Crippen molar-refractivity contribution < 1.29 is 19.1 Å². The van der Waals surface area contributed by atoms with Crippen LogP contribution in [-0.2, 0) is 26.3 Å². The number of amides is 3. The highest BCUT2D eigenvalue weighted by Crippen LogP contribution is 2.55. The molecule has 3 amide bonds. The van der Waals surface area contributed by atoms with Crippen LogP contribution in [0.15, 0.2) is 66.9 Å². The number of para-hydroxylation sites is 1. The molecule has 2 unspecified atom stereocenters. The number of H-pyrrole nitrogens is 1. The summed E-state index contributed by atoms with van der Waals surface area (Å²) in [6.07, 6.45) is 2.39. The van der Waals surface area contributed by atoms with E-state index in [1.807, 2.05) is 37.4 Å². The number of anilines is 2. The molecular weight excluding hydrogens is 516 g/mol. The summed E-state index contributed by atoms with van der Waals surface area (Å²) in [7, 11) is 1.56. The van der Waals surface area contributed by atoms with E-state index in [0.29, 0.717) is 34.1 Å². The maximum atomic E-state index is 14.2. The van der Waals surface area contributed by atoms with E-state index in [-0.39, 0.29) is 11.8 Å². The molecule has 3 N–H and O–H groups in total. The lowest BCUT2D eigenvalue weighted by atomic mass is 9.76. The van der Waals surface area contributed by atoms with Crippen molar-refractivity contribution in [1.29, 1.82) is 0 Å². The number of aromatic amines is 1. The van der Waals surface area contributed by atoms with Crippen molar-refractivity contribution in [3.8, 4) is 5.75 Å². The fourth-order valence-electron chi connectivity index (χ4n) is 6.69. The maximum absolute atomic E-state index is 14.2. The second kappa shape index (κ2) is 8.43.